The Morgan fingerprint density at radius 2 is 1.50 bits per heavy atom. The van der Waals surface area contributed by atoms with E-state index < -0.39 is 43.2 Å². The van der Waals surface area contributed by atoms with E-state index >= 15 is 0 Å². The van der Waals surface area contributed by atoms with Crippen molar-refractivity contribution in [3.63, 3.8) is 0 Å². The van der Waals surface area contributed by atoms with Gasteiger partial charge in [0.15, 0.2) is 4.90 Å². The van der Waals surface area contributed by atoms with Crippen LogP contribution in [-0.2, 0) is 21.4 Å². The van der Waals surface area contributed by atoms with E-state index in [-0.39, 0.29) is 11.3 Å². The maximum atomic E-state index is 12.1. The van der Waals surface area contributed by atoms with E-state index in [1.54, 1.807) is 0 Å². The Morgan fingerprint density at radius 3 is 2.12 bits per heavy atom. The van der Waals surface area contributed by atoms with E-state index in [4.69, 9.17) is 0 Å². The minimum atomic E-state index is -4.57. The Morgan fingerprint density at radius 1 is 0.962 bits per heavy atom. The summed E-state index contributed by atoms with van der Waals surface area (Å²) in [6, 6.07) is 9.87. The molecule has 26 heavy (non-hydrogen) atoms. The number of hydrogen-bond donors (Lipinski definition) is 1. The molecule has 0 heterocycles. The second-order valence-corrected chi connectivity index (χ2v) is 6.44. The molecule has 136 valence electrons. The van der Waals surface area contributed by atoms with Crippen LogP contribution in [0.3, 0.4) is 0 Å². The number of nitro benzene ring substituents is 2. The van der Waals surface area contributed by atoms with Crippen molar-refractivity contribution < 1.29 is 27.8 Å². The molecule has 11 nitrogen and oxygen atoms in total. The lowest BCUT2D eigenvalue weighted by Crippen LogP contribution is -2.31. The molecule has 1 amide bonds. The van der Waals surface area contributed by atoms with Gasteiger partial charge in [0.25, 0.3) is 21.4 Å². The normalized spacial score (nSPS) is 10.8. The molecule has 0 bridgehead atoms. The van der Waals surface area contributed by atoms with Crippen molar-refractivity contribution in [3.8, 4) is 0 Å². The van der Waals surface area contributed by atoms with Crippen LogP contribution in [-0.4, -0.2) is 24.4 Å². The SMILES string of the molecule is O=C(NS(=O)(=O)c1ccccc1[N+](=O)[O-])OCc1ccccc1[N+](=O)[O-]. The van der Waals surface area contributed by atoms with Gasteiger partial charge in [-0.2, -0.15) is 0 Å². The summed E-state index contributed by atoms with van der Waals surface area (Å²) in [5.74, 6) is 0. The minimum absolute atomic E-state index is 0.0516. The molecule has 0 unspecified atom stereocenters. The number of ether oxygens (including phenoxy) is 1. The lowest BCUT2D eigenvalue weighted by Gasteiger charge is -2.08. The molecule has 12 heteroatoms. The number of carbonyl (C=O) groups is 1. The van der Waals surface area contributed by atoms with Gasteiger partial charge in [0.05, 0.1) is 15.4 Å². The summed E-state index contributed by atoms with van der Waals surface area (Å²) in [5, 5.41) is 21.8. The lowest BCUT2D eigenvalue weighted by molar-refractivity contribution is -0.387. The first-order valence-electron chi connectivity index (χ1n) is 6.87. The molecule has 2 rings (SSSR count). The number of nitro groups is 2. The molecule has 0 atom stereocenters. The number of hydrogen-bond acceptors (Lipinski definition) is 8. The molecule has 0 aliphatic rings. The summed E-state index contributed by atoms with van der Waals surface area (Å²) < 4.78 is 30.5. The Bertz CT molecular complexity index is 974. The molecule has 0 saturated heterocycles. The molecule has 0 radical (unpaired) electrons. The van der Waals surface area contributed by atoms with Gasteiger partial charge < -0.3 is 4.74 Å². The highest BCUT2D eigenvalue weighted by atomic mass is 32.2. The fourth-order valence-electron chi connectivity index (χ4n) is 1.98. The number of amides is 1. The summed E-state index contributed by atoms with van der Waals surface area (Å²) in [7, 11) is -4.57. The summed E-state index contributed by atoms with van der Waals surface area (Å²) >= 11 is 0. The van der Waals surface area contributed by atoms with Gasteiger partial charge >= 0.3 is 6.09 Å². The van der Waals surface area contributed by atoms with Crippen LogP contribution in [0.25, 0.3) is 0 Å². The van der Waals surface area contributed by atoms with E-state index in [1.165, 1.54) is 41.1 Å². The predicted octanol–water partition coefficient (Wildman–Crippen LogP) is 2.12. The monoisotopic (exact) mass is 381 g/mol. The molecule has 0 aromatic heterocycles. The number of para-hydroxylation sites is 2. The molecule has 0 fully saturated rings. The Balaban J connectivity index is 2.13. The first-order chi connectivity index (χ1) is 12.2. The summed E-state index contributed by atoms with van der Waals surface area (Å²) in [5.41, 5.74) is -0.968. The molecule has 0 aliphatic carbocycles. The topological polar surface area (TPSA) is 159 Å². The zero-order valence-electron chi connectivity index (χ0n) is 12.9. The van der Waals surface area contributed by atoms with Gasteiger partial charge in [-0.15, -0.1) is 0 Å². The summed E-state index contributed by atoms with van der Waals surface area (Å²) in [6.45, 7) is -0.560. The quantitative estimate of drug-likeness (QED) is 0.588. The summed E-state index contributed by atoms with van der Waals surface area (Å²) in [6.07, 6.45) is -1.43. The molecular weight excluding hydrogens is 370 g/mol. The van der Waals surface area contributed by atoms with E-state index in [2.05, 4.69) is 4.74 Å². The number of carbonyl (C=O) groups excluding carboxylic acids is 1. The van der Waals surface area contributed by atoms with Crippen molar-refractivity contribution in [1.29, 1.82) is 0 Å². The highest BCUT2D eigenvalue weighted by Gasteiger charge is 2.27. The molecule has 0 aliphatic heterocycles. The van der Waals surface area contributed by atoms with Crippen molar-refractivity contribution in [2.75, 3.05) is 0 Å². The van der Waals surface area contributed by atoms with Crippen molar-refractivity contribution in [1.82, 2.24) is 4.72 Å². The Hall–Kier alpha value is -3.54. The van der Waals surface area contributed by atoms with Crippen LogP contribution >= 0.6 is 0 Å². The molecular formula is C14H11N3O8S. The zero-order chi connectivity index (χ0) is 19.3. The van der Waals surface area contributed by atoms with Gasteiger partial charge in [0.1, 0.15) is 6.61 Å². The highest BCUT2D eigenvalue weighted by molar-refractivity contribution is 7.90. The fraction of sp³-hybridized carbons (Fsp3) is 0.0714. The van der Waals surface area contributed by atoms with E-state index in [1.807, 2.05) is 0 Å². The van der Waals surface area contributed by atoms with Crippen molar-refractivity contribution in [3.05, 3.63) is 74.3 Å². The molecule has 2 aromatic rings. The van der Waals surface area contributed by atoms with E-state index in [0.29, 0.717) is 0 Å². The van der Waals surface area contributed by atoms with Gasteiger partial charge in [-0.05, 0) is 12.1 Å². The number of nitrogens with one attached hydrogen (secondary N) is 1. The summed E-state index contributed by atoms with van der Waals surface area (Å²) in [4.78, 5) is 31.2. The molecule has 2 aromatic carbocycles. The first-order valence-corrected chi connectivity index (χ1v) is 8.36. The van der Waals surface area contributed by atoms with Crippen molar-refractivity contribution >= 4 is 27.5 Å². The maximum Gasteiger partial charge on any atom is 0.421 e. The Kier molecular flexibility index (Phi) is 5.47. The van der Waals surface area contributed by atoms with Crippen molar-refractivity contribution in [2.45, 2.75) is 11.5 Å². The highest BCUT2D eigenvalue weighted by Crippen LogP contribution is 2.23. The third-order valence-electron chi connectivity index (χ3n) is 3.12. The average Bonchev–Trinajstić information content (AvgIpc) is 2.59. The van der Waals surface area contributed by atoms with Gasteiger partial charge in [-0.3, -0.25) is 20.2 Å². The third kappa shape index (κ3) is 4.30. The van der Waals surface area contributed by atoms with Crippen LogP contribution in [0.15, 0.2) is 53.4 Å². The molecule has 1 N–H and O–H groups in total. The second kappa shape index (κ2) is 7.57. The number of nitrogens with zero attached hydrogens (tertiary/aromatic N) is 2. The zero-order valence-corrected chi connectivity index (χ0v) is 13.7. The number of rotatable bonds is 6. The van der Waals surface area contributed by atoms with Crippen LogP contribution in [0, 0.1) is 20.2 Å². The first kappa shape index (κ1) is 18.8. The fourth-order valence-corrected chi connectivity index (χ4v) is 3.05. The smallest absolute Gasteiger partial charge is 0.421 e. The predicted molar refractivity (Wildman–Crippen MR) is 86.7 cm³/mol. The van der Waals surface area contributed by atoms with E-state index in [0.717, 1.165) is 12.1 Å². The van der Waals surface area contributed by atoms with Crippen LogP contribution < -0.4 is 4.72 Å². The van der Waals surface area contributed by atoms with Crippen LogP contribution in [0.2, 0.25) is 0 Å². The van der Waals surface area contributed by atoms with E-state index in [9.17, 15) is 33.4 Å². The van der Waals surface area contributed by atoms with Gasteiger partial charge in [-0.1, -0.05) is 24.3 Å². The molecule has 0 saturated carbocycles. The average molecular weight is 381 g/mol. The van der Waals surface area contributed by atoms with Crippen LogP contribution in [0.1, 0.15) is 5.56 Å². The number of sulfonamides is 1. The lowest BCUT2D eigenvalue weighted by atomic mass is 10.2. The van der Waals surface area contributed by atoms with Gasteiger partial charge in [-0.25, -0.2) is 17.9 Å². The standard InChI is InChI=1S/C14H11N3O8S/c18-14(25-9-10-5-1-2-6-11(10)16(19)20)15-26(23,24)13-8-4-3-7-12(13)17(21)22/h1-8H,9H2,(H,15,18). The van der Waals surface area contributed by atoms with Crippen LogP contribution in [0.5, 0.6) is 0 Å². The minimum Gasteiger partial charge on any atom is -0.444 e. The van der Waals surface area contributed by atoms with Crippen LogP contribution in [0.4, 0.5) is 16.2 Å². The largest absolute Gasteiger partial charge is 0.444 e. The molecule has 0 spiro atoms. The third-order valence-corrected chi connectivity index (χ3v) is 4.48. The van der Waals surface area contributed by atoms with Gasteiger partial charge in [0, 0.05) is 12.1 Å². The van der Waals surface area contributed by atoms with Crippen molar-refractivity contribution in [2.24, 2.45) is 0 Å². The second-order valence-electron chi connectivity index (χ2n) is 4.79. The Labute approximate surface area is 146 Å². The maximum absolute atomic E-state index is 12.1. The van der Waals surface area contributed by atoms with Gasteiger partial charge in [0.2, 0.25) is 0 Å². The number of benzene rings is 2.